The zero-order valence-corrected chi connectivity index (χ0v) is 12.6. The predicted octanol–water partition coefficient (Wildman–Crippen LogP) is 3.67. The van der Waals surface area contributed by atoms with Gasteiger partial charge in [-0.2, -0.15) is 0 Å². The summed E-state index contributed by atoms with van der Waals surface area (Å²) in [5.74, 6) is 0.494. The van der Waals surface area contributed by atoms with Gasteiger partial charge in [0.15, 0.2) is 5.15 Å². The van der Waals surface area contributed by atoms with Crippen molar-refractivity contribution in [3.05, 3.63) is 58.6 Å². The third-order valence-electron chi connectivity index (χ3n) is 2.79. The van der Waals surface area contributed by atoms with E-state index >= 15 is 0 Å². The van der Waals surface area contributed by atoms with Gasteiger partial charge >= 0.3 is 0 Å². The molecule has 0 saturated heterocycles. The van der Waals surface area contributed by atoms with Gasteiger partial charge in [0, 0.05) is 24.9 Å². The lowest BCUT2D eigenvalue weighted by Crippen LogP contribution is -2.04. The zero-order valence-electron chi connectivity index (χ0n) is 11.1. The van der Waals surface area contributed by atoms with Crippen LogP contribution in [0, 0.1) is 0 Å². The van der Waals surface area contributed by atoms with Gasteiger partial charge in [0.05, 0.1) is 24.6 Å². The van der Waals surface area contributed by atoms with Crippen LogP contribution in [0.15, 0.2) is 36.5 Å². The highest BCUT2D eigenvalue weighted by Crippen LogP contribution is 2.12. The fourth-order valence-corrected chi connectivity index (χ4v) is 2.17. The molecule has 0 N–H and O–H groups in total. The van der Waals surface area contributed by atoms with Crippen LogP contribution in [0.25, 0.3) is 0 Å². The van der Waals surface area contributed by atoms with Crippen LogP contribution in [-0.4, -0.2) is 22.5 Å². The molecule has 0 aliphatic rings. The molecule has 2 rings (SSSR count). The summed E-state index contributed by atoms with van der Waals surface area (Å²) in [5, 5.41) is 0.436. The van der Waals surface area contributed by atoms with E-state index < -0.39 is 0 Å². The first kappa shape index (κ1) is 15.2. The first-order valence-electron chi connectivity index (χ1n) is 6.47. The SMILES string of the molecule is ClCCc1ncc(CCOCc2ccccc2)nc1Cl. The number of halogens is 2. The van der Waals surface area contributed by atoms with Crippen LogP contribution in [0.5, 0.6) is 0 Å². The van der Waals surface area contributed by atoms with Crippen molar-refractivity contribution >= 4 is 23.2 Å². The van der Waals surface area contributed by atoms with Crippen LogP contribution >= 0.6 is 23.2 Å². The summed E-state index contributed by atoms with van der Waals surface area (Å²) in [7, 11) is 0. The number of ether oxygens (including phenoxy) is 1. The average Bonchev–Trinajstić information content (AvgIpc) is 2.48. The second-order valence-corrected chi connectivity index (χ2v) is 5.06. The van der Waals surface area contributed by atoms with Gasteiger partial charge in [0.2, 0.25) is 0 Å². The lowest BCUT2D eigenvalue weighted by atomic mass is 10.2. The Kier molecular flexibility index (Phi) is 6.25. The van der Waals surface area contributed by atoms with Crippen LogP contribution in [0.3, 0.4) is 0 Å². The maximum absolute atomic E-state index is 6.04. The molecule has 20 heavy (non-hydrogen) atoms. The molecule has 0 aliphatic carbocycles. The number of rotatable bonds is 7. The second kappa shape index (κ2) is 8.20. The summed E-state index contributed by atoms with van der Waals surface area (Å²) < 4.78 is 5.61. The zero-order chi connectivity index (χ0) is 14.2. The molecule has 0 bridgehead atoms. The molecule has 0 amide bonds. The summed E-state index contributed by atoms with van der Waals surface area (Å²) in [5.41, 5.74) is 2.74. The lowest BCUT2D eigenvalue weighted by molar-refractivity contribution is 0.123. The molecule has 0 aliphatic heterocycles. The Hall–Kier alpha value is -1.16. The monoisotopic (exact) mass is 310 g/mol. The predicted molar refractivity (Wildman–Crippen MR) is 81.3 cm³/mol. The quantitative estimate of drug-likeness (QED) is 0.578. The highest BCUT2D eigenvalue weighted by Gasteiger charge is 2.05. The van der Waals surface area contributed by atoms with E-state index in [1.54, 1.807) is 6.20 Å². The Bertz CT molecular complexity index is 535. The third kappa shape index (κ3) is 4.75. The Labute approximate surface area is 128 Å². The lowest BCUT2D eigenvalue weighted by Gasteiger charge is -2.06. The number of aryl methyl sites for hydroxylation is 1. The molecule has 106 valence electrons. The topological polar surface area (TPSA) is 35.0 Å². The summed E-state index contributed by atoms with van der Waals surface area (Å²) in [4.78, 5) is 8.57. The van der Waals surface area contributed by atoms with Crippen molar-refractivity contribution in [2.24, 2.45) is 0 Å². The highest BCUT2D eigenvalue weighted by molar-refractivity contribution is 6.30. The number of benzene rings is 1. The molecule has 1 aromatic heterocycles. The van der Waals surface area contributed by atoms with E-state index in [9.17, 15) is 0 Å². The van der Waals surface area contributed by atoms with Crippen molar-refractivity contribution in [1.29, 1.82) is 0 Å². The van der Waals surface area contributed by atoms with Crippen molar-refractivity contribution in [3.8, 4) is 0 Å². The summed E-state index contributed by atoms with van der Waals surface area (Å²) >= 11 is 11.7. The minimum atomic E-state index is 0.436. The van der Waals surface area contributed by atoms with E-state index in [0.717, 1.165) is 17.0 Å². The number of nitrogens with zero attached hydrogens (tertiary/aromatic N) is 2. The fraction of sp³-hybridized carbons (Fsp3) is 0.333. The second-order valence-electron chi connectivity index (χ2n) is 4.33. The van der Waals surface area contributed by atoms with Crippen LogP contribution in [0.2, 0.25) is 5.15 Å². The van der Waals surface area contributed by atoms with E-state index in [4.69, 9.17) is 27.9 Å². The van der Waals surface area contributed by atoms with Crippen LogP contribution in [0.1, 0.15) is 17.0 Å². The largest absolute Gasteiger partial charge is 0.376 e. The van der Waals surface area contributed by atoms with Gasteiger partial charge in [-0.1, -0.05) is 41.9 Å². The van der Waals surface area contributed by atoms with Gasteiger partial charge in [-0.05, 0) is 5.56 Å². The number of hydrogen-bond donors (Lipinski definition) is 0. The van der Waals surface area contributed by atoms with Gasteiger partial charge in [-0.15, -0.1) is 11.6 Å². The average molecular weight is 311 g/mol. The van der Waals surface area contributed by atoms with Crippen molar-refractivity contribution < 1.29 is 4.74 Å². The molecule has 1 aromatic carbocycles. The molecular formula is C15H16Cl2N2O. The summed E-state index contributed by atoms with van der Waals surface area (Å²) in [6.07, 6.45) is 3.07. The Morgan fingerprint density at radius 1 is 1.10 bits per heavy atom. The van der Waals surface area contributed by atoms with Crippen LogP contribution < -0.4 is 0 Å². The first-order chi connectivity index (χ1) is 9.79. The number of aromatic nitrogens is 2. The molecule has 5 heteroatoms. The van der Waals surface area contributed by atoms with Gasteiger partial charge < -0.3 is 4.74 Å². The van der Waals surface area contributed by atoms with Crippen molar-refractivity contribution in [3.63, 3.8) is 0 Å². The maximum atomic E-state index is 6.04. The minimum absolute atomic E-state index is 0.436. The van der Waals surface area contributed by atoms with E-state index in [2.05, 4.69) is 9.97 Å². The molecule has 0 radical (unpaired) electrons. The van der Waals surface area contributed by atoms with E-state index in [1.165, 1.54) is 0 Å². The molecule has 1 heterocycles. The van der Waals surface area contributed by atoms with Gasteiger partial charge in [0.25, 0.3) is 0 Å². The van der Waals surface area contributed by atoms with Crippen LogP contribution in [0.4, 0.5) is 0 Å². The third-order valence-corrected chi connectivity index (χ3v) is 3.29. The van der Waals surface area contributed by atoms with Crippen molar-refractivity contribution in [2.45, 2.75) is 19.4 Å². The molecule has 0 saturated carbocycles. The molecule has 0 fully saturated rings. The Balaban J connectivity index is 1.78. The minimum Gasteiger partial charge on any atom is -0.376 e. The number of hydrogen-bond acceptors (Lipinski definition) is 3. The highest BCUT2D eigenvalue weighted by atomic mass is 35.5. The van der Waals surface area contributed by atoms with E-state index in [1.807, 2.05) is 30.3 Å². The Morgan fingerprint density at radius 3 is 2.60 bits per heavy atom. The van der Waals surface area contributed by atoms with Gasteiger partial charge in [0.1, 0.15) is 0 Å². The maximum Gasteiger partial charge on any atom is 0.150 e. The molecule has 0 spiro atoms. The number of alkyl halides is 1. The Morgan fingerprint density at radius 2 is 1.90 bits per heavy atom. The smallest absolute Gasteiger partial charge is 0.150 e. The molecule has 0 atom stereocenters. The van der Waals surface area contributed by atoms with E-state index in [-0.39, 0.29) is 0 Å². The molecule has 0 unspecified atom stereocenters. The fourth-order valence-electron chi connectivity index (χ4n) is 1.74. The van der Waals surface area contributed by atoms with Gasteiger partial charge in [-0.25, -0.2) is 4.98 Å². The van der Waals surface area contributed by atoms with Crippen LogP contribution in [-0.2, 0) is 24.2 Å². The first-order valence-corrected chi connectivity index (χ1v) is 7.39. The van der Waals surface area contributed by atoms with Crippen molar-refractivity contribution in [2.75, 3.05) is 12.5 Å². The van der Waals surface area contributed by atoms with Gasteiger partial charge in [-0.3, -0.25) is 4.98 Å². The molecule has 3 nitrogen and oxygen atoms in total. The molecule has 2 aromatic rings. The normalized spacial score (nSPS) is 10.7. The summed E-state index contributed by atoms with van der Waals surface area (Å²) in [6.45, 7) is 1.20. The van der Waals surface area contributed by atoms with Crippen molar-refractivity contribution in [1.82, 2.24) is 9.97 Å². The molecular weight excluding hydrogens is 295 g/mol. The summed E-state index contributed by atoms with van der Waals surface area (Å²) in [6, 6.07) is 10.1. The van der Waals surface area contributed by atoms with E-state index in [0.29, 0.717) is 37.1 Å². The standard InChI is InChI=1S/C15H16Cl2N2O/c16-8-6-14-15(17)19-13(10-18-14)7-9-20-11-12-4-2-1-3-5-12/h1-5,10H,6-9,11H2.